The zero-order valence-electron chi connectivity index (χ0n) is 24.3. The zero-order valence-corrected chi connectivity index (χ0v) is 25.9. The van der Waals surface area contributed by atoms with Gasteiger partial charge in [0.25, 0.3) is 5.78 Å². The summed E-state index contributed by atoms with van der Waals surface area (Å²) in [4.78, 5) is 28.4. The molecule has 43 heavy (non-hydrogen) atoms. The quantitative estimate of drug-likeness (QED) is 0.0441. The number of hydrogen-bond acceptors (Lipinski definition) is 9. The summed E-state index contributed by atoms with van der Waals surface area (Å²) in [6.07, 6.45) is 1.96. The minimum atomic E-state index is -0.904. The third kappa shape index (κ3) is 6.92. The molecule has 0 spiro atoms. The molecule has 1 aliphatic rings. The molecule has 5 rings (SSSR count). The van der Waals surface area contributed by atoms with Crippen LogP contribution in [-0.4, -0.2) is 40.2 Å². The number of ketones is 1. The Kier molecular flexibility index (Phi) is 9.79. The number of hydrogen-bond donors (Lipinski definition) is 1. The third-order valence-corrected chi connectivity index (χ3v) is 9.06. The molecule has 222 valence electrons. The van der Waals surface area contributed by atoms with E-state index in [4.69, 9.17) is 9.47 Å². The Labute approximate surface area is 259 Å². The summed E-state index contributed by atoms with van der Waals surface area (Å²) in [5, 5.41) is 20.3. The monoisotopic (exact) mass is 615 g/mol. The molecule has 8 nitrogen and oxygen atoms in total. The second kappa shape index (κ2) is 13.9. The second-order valence-corrected chi connectivity index (χ2v) is 12.2. The molecule has 1 fully saturated rings. The van der Waals surface area contributed by atoms with Gasteiger partial charge in [0.05, 0.1) is 24.8 Å². The fourth-order valence-electron chi connectivity index (χ4n) is 4.64. The topological polar surface area (TPSA) is 102 Å². The molecule has 1 atom stereocenters. The average molecular weight is 616 g/mol. The number of Topliss-reactive ketones (excluding diaryl/α,β-unsaturated/α-hetero) is 1. The fourth-order valence-corrected chi connectivity index (χ4v) is 6.47. The Morgan fingerprint density at radius 2 is 1.60 bits per heavy atom. The van der Waals surface area contributed by atoms with Gasteiger partial charge in [-0.2, -0.15) is 0 Å². The lowest BCUT2D eigenvalue weighted by molar-refractivity contribution is -0.132. The van der Waals surface area contributed by atoms with Crippen LogP contribution in [0.25, 0.3) is 5.76 Å². The highest BCUT2D eigenvalue weighted by molar-refractivity contribution is 8.00. The molecule has 10 heteroatoms. The van der Waals surface area contributed by atoms with E-state index in [0.717, 1.165) is 18.4 Å². The summed E-state index contributed by atoms with van der Waals surface area (Å²) >= 11 is 2.75. The normalized spacial score (nSPS) is 16.1. The average Bonchev–Trinajstić information content (AvgIpc) is 3.59. The van der Waals surface area contributed by atoms with Crippen molar-refractivity contribution in [2.75, 3.05) is 18.1 Å². The van der Waals surface area contributed by atoms with Crippen molar-refractivity contribution < 1.29 is 24.2 Å². The van der Waals surface area contributed by atoms with Gasteiger partial charge in [0, 0.05) is 11.3 Å². The van der Waals surface area contributed by atoms with E-state index in [2.05, 4.69) is 41.4 Å². The number of anilines is 1. The Morgan fingerprint density at radius 1 is 0.930 bits per heavy atom. The molecule has 0 bridgehead atoms. The molecule has 0 aliphatic carbocycles. The molecule has 1 amide bonds. The highest BCUT2D eigenvalue weighted by atomic mass is 32.2. The molecule has 3 aromatic carbocycles. The summed E-state index contributed by atoms with van der Waals surface area (Å²) in [5.41, 5.74) is 3.35. The molecule has 4 aromatic rings. The molecule has 2 heterocycles. The smallest absolute Gasteiger partial charge is 0.301 e. The number of aryl methyl sites for hydroxylation is 1. The number of nitrogens with zero attached hydrogens (tertiary/aromatic N) is 3. The predicted molar refractivity (Wildman–Crippen MR) is 170 cm³/mol. The number of aliphatic hydroxyl groups excluding tert-OH is 1. The van der Waals surface area contributed by atoms with Crippen molar-refractivity contribution in [1.29, 1.82) is 0 Å². The first-order valence-electron chi connectivity index (χ1n) is 14.2. The maximum absolute atomic E-state index is 13.5. The lowest BCUT2D eigenvalue weighted by Gasteiger charge is -2.22. The van der Waals surface area contributed by atoms with Crippen LogP contribution in [0, 0.1) is 6.92 Å². The first-order valence-corrected chi connectivity index (χ1v) is 16.0. The predicted octanol–water partition coefficient (Wildman–Crippen LogP) is 7.34. The lowest BCUT2D eigenvalue weighted by atomic mass is 9.95. The molecular weight excluding hydrogens is 583 g/mol. The van der Waals surface area contributed by atoms with Crippen LogP contribution in [0.4, 0.5) is 5.13 Å². The van der Waals surface area contributed by atoms with E-state index in [1.807, 2.05) is 13.8 Å². The van der Waals surface area contributed by atoms with Crippen LogP contribution in [0.15, 0.2) is 82.7 Å². The second-order valence-electron chi connectivity index (χ2n) is 10.0. The number of aliphatic hydroxyl groups is 1. The van der Waals surface area contributed by atoms with Gasteiger partial charge < -0.3 is 14.6 Å². The number of unbranched alkanes of at least 4 members (excludes halogenated alkanes) is 1. The van der Waals surface area contributed by atoms with E-state index < -0.39 is 17.7 Å². The Bertz CT molecular complexity index is 1600. The summed E-state index contributed by atoms with van der Waals surface area (Å²) in [7, 11) is 0. The highest BCUT2D eigenvalue weighted by Crippen LogP contribution is 2.44. The van der Waals surface area contributed by atoms with E-state index in [-0.39, 0.29) is 16.5 Å². The number of amides is 1. The molecule has 1 aromatic heterocycles. The van der Waals surface area contributed by atoms with Crippen LogP contribution in [-0.2, 0) is 15.3 Å². The minimum absolute atomic E-state index is 0.0159. The van der Waals surface area contributed by atoms with E-state index in [9.17, 15) is 14.7 Å². The molecule has 0 saturated carbocycles. The Balaban J connectivity index is 1.48. The van der Waals surface area contributed by atoms with Gasteiger partial charge in [-0.15, -0.1) is 10.2 Å². The SMILES string of the molecule is CCCCOc1ccc(C(O)=C2C(=O)C(=O)N(c3nnc(SCc4ccc(C)cc4)s3)[C@H]2c2ccc(OCC)cc2)cc1. The third-order valence-electron chi connectivity index (χ3n) is 6.93. The summed E-state index contributed by atoms with van der Waals surface area (Å²) in [6, 6.07) is 21.4. The van der Waals surface area contributed by atoms with Crippen LogP contribution in [0.3, 0.4) is 0 Å². The number of rotatable bonds is 12. The van der Waals surface area contributed by atoms with E-state index in [0.29, 0.717) is 45.9 Å². The van der Waals surface area contributed by atoms with Crippen molar-refractivity contribution >= 4 is 45.7 Å². The molecule has 0 radical (unpaired) electrons. The van der Waals surface area contributed by atoms with Crippen LogP contribution in [0.2, 0.25) is 0 Å². The van der Waals surface area contributed by atoms with Crippen molar-refractivity contribution in [3.63, 3.8) is 0 Å². The zero-order chi connectivity index (χ0) is 30.3. The molecule has 1 saturated heterocycles. The Morgan fingerprint density at radius 3 is 2.28 bits per heavy atom. The van der Waals surface area contributed by atoms with Crippen LogP contribution in [0.5, 0.6) is 11.5 Å². The van der Waals surface area contributed by atoms with Crippen molar-refractivity contribution in [1.82, 2.24) is 10.2 Å². The first kappa shape index (κ1) is 30.3. The largest absolute Gasteiger partial charge is 0.507 e. The van der Waals surface area contributed by atoms with Gasteiger partial charge in [-0.05, 0) is 67.8 Å². The maximum Gasteiger partial charge on any atom is 0.301 e. The minimum Gasteiger partial charge on any atom is -0.507 e. The van der Waals surface area contributed by atoms with Crippen molar-refractivity contribution in [2.24, 2.45) is 0 Å². The van der Waals surface area contributed by atoms with Crippen LogP contribution in [0.1, 0.15) is 55.0 Å². The number of benzene rings is 3. The van der Waals surface area contributed by atoms with Crippen molar-refractivity contribution in [2.45, 2.75) is 49.7 Å². The van der Waals surface area contributed by atoms with Crippen molar-refractivity contribution in [3.05, 3.63) is 101 Å². The Hall–Kier alpha value is -4.15. The fraction of sp³-hybridized carbons (Fsp3) is 0.273. The van der Waals surface area contributed by atoms with Gasteiger partial charge in [-0.25, -0.2) is 0 Å². The highest BCUT2D eigenvalue weighted by Gasteiger charge is 2.48. The summed E-state index contributed by atoms with van der Waals surface area (Å²) in [5.74, 6) is 0.188. The van der Waals surface area contributed by atoms with Gasteiger partial charge in [0.15, 0.2) is 4.34 Å². The standard InChI is InChI=1S/C33H33N3O5S2/c1-4-6-19-41-26-17-13-24(14-18-26)29(37)27-28(23-11-15-25(16-12-23)40-5-2)36(31(39)30(27)38)32-34-35-33(43-32)42-20-22-9-7-21(3)8-10-22/h7-18,28,37H,4-6,19-20H2,1-3H3/t28-/m0/s1. The lowest BCUT2D eigenvalue weighted by Crippen LogP contribution is -2.29. The van der Waals surface area contributed by atoms with E-state index in [1.165, 1.54) is 33.6 Å². The van der Waals surface area contributed by atoms with Gasteiger partial charge in [-0.3, -0.25) is 14.5 Å². The van der Waals surface area contributed by atoms with Crippen LogP contribution >= 0.6 is 23.1 Å². The van der Waals surface area contributed by atoms with E-state index >= 15 is 0 Å². The number of thioether (sulfide) groups is 1. The molecule has 1 N–H and O–H groups in total. The summed E-state index contributed by atoms with van der Waals surface area (Å²) in [6.45, 7) is 7.13. The van der Waals surface area contributed by atoms with Gasteiger partial charge >= 0.3 is 5.91 Å². The molecular formula is C33H33N3O5S2. The number of aromatic nitrogens is 2. The van der Waals surface area contributed by atoms with Gasteiger partial charge in [0.2, 0.25) is 5.13 Å². The van der Waals surface area contributed by atoms with Gasteiger partial charge in [-0.1, -0.05) is 78.4 Å². The van der Waals surface area contributed by atoms with E-state index in [1.54, 1.807) is 48.5 Å². The van der Waals surface area contributed by atoms with Gasteiger partial charge in [0.1, 0.15) is 17.3 Å². The number of carbonyl (C=O) groups excluding carboxylic acids is 2. The summed E-state index contributed by atoms with van der Waals surface area (Å²) < 4.78 is 12.0. The molecule has 0 unspecified atom stereocenters. The maximum atomic E-state index is 13.5. The van der Waals surface area contributed by atoms with Crippen molar-refractivity contribution in [3.8, 4) is 11.5 Å². The molecule has 1 aliphatic heterocycles. The number of carbonyl (C=O) groups is 2. The first-order chi connectivity index (χ1) is 20.9. The van der Waals surface area contributed by atoms with Crippen LogP contribution < -0.4 is 14.4 Å². The number of ether oxygens (including phenoxy) is 2.